The summed E-state index contributed by atoms with van der Waals surface area (Å²) in [5.41, 5.74) is 0. The van der Waals surface area contributed by atoms with Crippen molar-refractivity contribution in [2.45, 2.75) is 6.10 Å². The van der Waals surface area contributed by atoms with Crippen molar-refractivity contribution in [2.75, 3.05) is 60.7 Å². The molecule has 22 heavy (non-hydrogen) atoms. The van der Waals surface area contributed by atoms with E-state index < -0.39 is 13.9 Å². The molecule has 0 spiro atoms. The first-order chi connectivity index (χ1) is 10.2. The van der Waals surface area contributed by atoms with E-state index in [-0.39, 0.29) is 26.4 Å². The second-order valence-corrected chi connectivity index (χ2v) is 7.07. The van der Waals surface area contributed by atoms with Crippen LogP contribution in [0.4, 0.5) is 0 Å². The van der Waals surface area contributed by atoms with Crippen LogP contribution < -0.4 is 4.89 Å². The maximum atomic E-state index is 11.7. The van der Waals surface area contributed by atoms with Crippen LogP contribution in [0.1, 0.15) is 0 Å². The van der Waals surface area contributed by atoms with Gasteiger partial charge < -0.3 is 27.9 Å². The molecule has 0 saturated heterocycles. The predicted molar refractivity (Wildman–Crippen MR) is 83.4 cm³/mol. The third kappa shape index (κ3) is 13.2. The Morgan fingerprint density at radius 2 is 1.77 bits per heavy atom. The quantitative estimate of drug-likeness (QED) is 0.203. The molecule has 0 fully saturated rings. The summed E-state index contributed by atoms with van der Waals surface area (Å²) in [6, 6.07) is 0. The summed E-state index contributed by atoms with van der Waals surface area (Å²) in [4.78, 5) is 11.7. The van der Waals surface area contributed by atoms with E-state index in [1.165, 1.54) is 0 Å². The molecular weight excluding hydrogens is 309 g/mol. The lowest BCUT2D eigenvalue weighted by Gasteiger charge is -2.28. The number of hydrogen-bond acceptors (Lipinski definition) is 6. The van der Waals surface area contributed by atoms with Crippen LogP contribution in [0.3, 0.4) is 0 Å². The molecule has 0 aliphatic carbocycles. The summed E-state index contributed by atoms with van der Waals surface area (Å²) >= 11 is 0. The normalized spacial score (nSPS) is 16.0. The molecule has 7 nitrogen and oxygen atoms in total. The Bertz CT molecular complexity index is 369. The highest BCUT2D eigenvalue weighted by molar-refractivity contribution is 7.45. The van der Waals surface area contributed by atoms with Gasteiger partial charge in [0, 0.05) is 0 Å². The molecule has 0 saturated carbocycles. The van der Waals surface area contributed by atoms with Crippen LogP contribution in [0.2, 0.25) is 0 Å². The van der Waals surface area contributed by atoms with E-state index in [2.05, 4.69) is 13.2 Å². The predicted octanol–water partition coefficient (Wildman–Crippen LogP) is 0.968. The van der Waals surface area contributed by atoms with Gasteiger partial charge in [0.2, 0.25) is 0 Å². The maximum absolute atomic E-state index is 11.7. The molecule has 0 aromatic carbocycles. The van der Waals surface area contributed by atoms with Crippen LogP contribution in [-0.4, -0.2) is 71.3 Å². The molecule has 0 radical (unpaired) electrons. The molecule has 0 aliphatic heterocycles. The second kappa shape index (κ2) is 11.1. The number of likely N-dealkylation sites (N-methyl/N-ethyl adjacent to an activating group) is 1. The third-order valence-electron chi connectivity index (χ3n) is 2.42. The van der Waals surface area contributed by atoms with Crippen LogP contribution in [-0.2, 0) is 23.1 Å². The summed E-state index contributed by atoms with van der Waals surface area (Å²) in [5, 5.41) is 0. The first kappa shape index (κ1) is 21.5. The molecule has 0 N–H and O–H groups in total. The first-order valence-corrected chi connectivity index (χ1v) is 8.48. The molecule has 1 unspecified atom stereocenters. The number of phosphoric acid groups is 1. The first-order valence-electron chi connectivity index (χ1n) is 7.02. The lowest BCUT2D eigenvalue weighted by Crippen LogP contribution is -2.37. The standard InChI is InChI=1S/C14H28NO6P/c1-6-9-18-12-14(19-10-7-2)13-21-22(16,17)20-11-8-15(3,4)5/h6-7,14H,1-2,8-13H2,3-5H3/t14-/m1/s1. The van der Waals surface area contributed by atoms with Gasteiger partial charge in [0.15, 0.2) is 0 Å². The lowest BCUT2D eigenvalue weighted by atomic mass is 10.4. The smallest absolute Gasteiger partial charge is 0.268 e. The summed E-state index contributed by atoms with van der Waals surface area (Å²) in [7, 11) is 1.48. The summed E-state index contributed by atoms with van der Waals surface area (Å²) in [6.45, 7) is 8.33. The van der Waals surface area contributed by atoms with Crippen molar-refractivity contribution < 1.29 is 32.5 Å². The summed E-state index contributed by atoms with van der Waals surface area (Å²) < 4.78 is 32.5. The van der Waals surface area contributed by atoms with Gasteiger partial charge in [0.1, 0.15) is 19.3 Å². The van der Waals surface area contributed by atoms with Crippen molar-refractivity contribution in [2.24, 2.45) is 0 Å². The fourth-order valence-electron chi connectivity index (χ4n) is 1.27. The average molecular weight is 337 g/mol. The third-order valence-corrected chi connectivity index (χ3v) is 3.38. The van der Waals surface area contributed by atoms with Gasteiger partial charge in [-0.25, -0.2) is 0 Å². The van der Waals surface area contributed by atoms with Gasteiger partial charge in [-0.05, 0) is 0 Å². The fraction of sp³-hybridized carbons (Fsp3) is 0.714. The number of quaternary nitrogens is 1. The minimum absolute atomic E-state index is 0.0649. The maximum Gasteiger partial charge on any atom is 0.268 e. The average Bonchev–Trinajstić information content (AvgIpc) is 2.39. The van der Waals surface area contributed by atoms with Gasteiger partial charge in [-0.2, -0.15) is 0 Å². The number of nitrogens with zero attached hydrogens (tertiary/aromatic N) is 1. The van der Waals surface area contributed by atoms with Crippen LogP contribution in [0.15, 0.2) is 25.3 Å². The minimum Gasteiger partial charge on any atom is -0.756 e. The minimum atomic E-state index is -4.35. The van der Waals surface area contributed by atoms with Gasteiger partial charge in [0.05, 0.1) is 47.6 Å². The van der Waals surface area contributed by atoms with Crippen LogP contribution in [0.5, 0.6) is 0 Å². The van der Waals surface area contributed by atoms with Crippen molar-refractivity contribution in [1.82, 2.24) is 0 Å². The molecule has 130 valence electrons. The van der Waals surface area contributed by atoms with E-state index in [1.54, 1.807) is 12.2 Å². The zero-order valence-corrected chi connectivity index (χ0v) is 14.6. The van der Waals surface area contributed by atoms with Crippen molar-refractivity contribution in [3.8, 4) is 0 Å². The van der Waals surface area contributed by atoms with Crippen LogP contribution in [0.25, 0.3) is 0 Å². The van der Waals surface area contributed by atoms with Gasteiger partial charge in [-0.1, -0.05) is 12.2 Å². The van der Waals surface area contributed by atoms with Crippen molar-refractivity contribution in [3.05, 3.63) is 25.3 Å². The molecular formula is C14H28NO6P. The molecule has 0 bridgehead atoms. The van der Waals surface area contributed by atoms with Crippen LogP contribution in [0, 0.1) is 0 Å². The van der Waals surface area contributed by atoms with E-state index in [1.807, 2.05) is 21.1 Å². The topological polar surface area (TPSA) is 77.1 Å². The Hall–Kier alpha value is -0.530. The van der Waals surface area contributed by atoms with Gasteiger partial charge in [-0.3, -0.25) is 4.57 Å². The monoisotopic (exact) mass is 337 g/mol. The zero-order chi connectivity index (χ0) is 17.1. The SMILES string of the molecule is C=CCOC[C@H](COP(=O)([O-])OCC[N+](C)(C)C)OCC=C. The summed E-state index contributed by atoms with van der Waals surface area (Å²) in [5.74, 6) is 0. The van der Waals surface area contributed by atoms with Gasteiger partial charge in [-0.15, -0.1) is 13.2 Å². The molecule has 0 aromatic rings. The van der Waals surface area contributed by atoms with Crippen LogP contribution >= 0.6 is 7.82 Å². The highest BCUT2D eigenvalue weighted by Crippen LogP contribution is 2.38. The van der Waals surface area contributed by atoms with E-state index in [0.717, 1.165) is 0 Å². The zero-order valence-electron chi connectivity index (χ0n) is 13.7. The lowest BCUT2D eigenvalue weighted by molar-refractivity contribution is -0.870. The van der Waals surface area contributed by atoms with Gasteiger partial charge >= 0.3 is 0 Å². The highest BCUT2D eigenvalue weighted by Gasteiger charge is 2.17. The Balaban J connectivity index is 4.19. The molecule has 0 aromatic heterocycles. The highest BCUT2D eigenvalue weighted by atomic mass is 31.2. The second-order valence-electron chi connectivity index (χ2n) is 5.66. The number of phosphoric ester groups is 1. The number of hydrogen-bond donors (Lipinski definition) is 0. The summed E-state index contributed by atoms with van der Waals surface area (Å²) in [6.07, 6.45) is 2.63. The van der Waals surface area contributed by atoms with E-state index in [4.69, 9.17) is 18.5 Å². The molecule has 0 aliphatic rings. The molecule has 0 rings (SSSR count). The molecule has 2 atom stereocenters. The van der Waals surface area contributed by atoms with Crippen molar-refractivity contribution >= 4 is 7.82 Å². The Morgan fingerprint density at radius 3 is 2.32 bits per heavy atom. The Kier molecular flexibility index (Phi) is 10.8. The number of ether oxygens (including phenoxy) is 2. The van der Waals surface area contributed by atoms with E-state index >= 15 is 0 Å². The Labute approximate surface area is 133 Å². The van der Waals surface area contributed by atoms with E-state index in [0.29, 0.717) is 17.6 Å². The molecule has 8 heteroatoms. The number of rotatable bonds is 14. The Morgan fingerprint density at radius 1 is 1.14 bits per heavy atom. The van der Waals surface area contributed by atoms with Crippen molar-refractivity contribution in [1.29, 1.82) is 0 Å². The molecule has 0 heterocycles. The van der Waals surface area contributed by atoms with Crippen molar-refractivity contribution in [3.63, 3.8) is 0 Å². The van der Waals surface area contributed by atoms with E-state index in [9.17, 15) is 9.46 Å². The fourth-order valence-corrected chi connectivity index (χ4v) is 2.00. The molecule has 0 amide bonds. The van der Waals surface area contributed by atoms with Gasteiger partial charge in [0.25, 0.3) is 7.82 Å². The largest absolute Gasteiger partial charge is 0.756 e.